The van der Waals surface area contributed by atoms with E-state index in [1.807, 2.05) is 44.2 Å². The van der Waals surface area contributed by atoms with Crippen LogP contribution >= 0.6 is 11.6 Å². The monoisotopic (exact) mass is 385 g/mol. The molecular weight excluding hydrogens is 366 g/mol. The van der Waals surface area contributed by atoms with Crippen LogP contribution in [-0.4, -0.2) is 25.7 Å². The number of aryl methyl sites for hydroxylation is 2. The van der Waals surface area contributed by atoms with Crippen LogP contribution in [0.15, 0.2) is 34.7 Å². The largest absolute Gasteiger partial charge is 0.486 e. The molecule has 1 N–H and O–H groups in total. The van der Waals surface area contributed by atoms with E-state index in [0.29, 0.717) is 48.5 Å². The number of hydrogen-bond acceptors (Lipinski definition) is 4. The zero-order chi connectivity index (χ0) is 19.0. The minimum atomic E-state index is -0.216. The van der Waals surface area contributed by atoms with Gasteiger partial charge < -0.3 is 19.2 Å². The number of fused-ring (bicyclic) bond motifs is 2. The van der Waals surface area contributed by atoms with Gasteiger partial charge in [0.1, 0.15) is 18.8 Å². The molecule has 0 saturated heterocycles. The van der Waals surface area contributed by atoms with Gasteiger partial charge in [-0.15, -0.1) is 0 Å². The van der Waals surface area contributed by atoms with Crippen molar-refractivity contribution in [1.29, 1.82) is 0 Å². The van der Waals surface area contributed by atoms with Gasteiger partial charge >= 0.3 is 0 Å². The molecule has 140 valence electrons. The van der Waals surface area contributed by atoms with Gasteiger partial charge in [0, 0.05) is 17.5 Å². The van der Waals surface area contributed by atoms with Crippen molar-refractivity contribution < 1.29 is 18.7 Å². The summed E-state index contributed by atoms with van der Waals surface area (Å²) in [5.74, 6) is 1.38. The fraction of sp³-hybridized carbons (Fsp3) is 0.286. The third-order valence-electron chi connectivity index (χ3n) is 4.72. The Morgan fingerprint density at radius 3 is 2.81 bits per heavy atom. The molecule has 1 aliphatic rings. The molecule has 4 rings (SSSR count). The van der Waals surface area contributed by atoms with Crippen molar-refractivity contribution in [3.8, 4) is 11.5 Å². The SMILES string of the molecule is Cc1c(C(=O)NCCc2cc(Cl)c3c(c2)OCCO3)oc2c(C)cccc12. The predicted octanol–water partition coefficient (Wildman–Crippen LogP) is 4.45. The molecule has 0 saturated carbocycles. The molecule has 27 heavy (non-hydrogen) atoms. The molecule has 0 unspecified atom stereocenters. The first-order chi connectivity index (χ1) is 13.0. The van der Waals surface area contributed by atoms with Gasteiger partial charge in [0.15, 0.2) is 17.3 Å². The summed E-state index contributed by atoms with van der Waals surface area (Å²) in [7, 11) is 0. The van der Waals surface area contributed by atoms with Crippen LogP contribution in [0.5, 0.6) is 11.5 Å². The summed E-state index contributed by atoms with van der Waals surface area (Å²) in [6.45, 7) is 5.34. The fourth-order valence-electron chi connectivity index (χ4n) is 3.31. The van der Waals surface area contributed by atoms with E-state index in [0.717, 1.165) is 27.7 Å². The number of hydrogen-bond donors (Lipinski definition) is 1. The second kappa shape index (κ2) is 7.16. The average Bonchev–Trinajstić information content (AvgIpc) is 3.00. The van der Waals surface area contributed by atoms with Gasteiger partial charge in [0.25, 0.3) is 5.91 Å². The molecule has 0 fully saturated rings. The van der Waals surface area contributed by atoms with Crippen LogP contribution in [0.2, 0.25) is 5.02 Å². The van der Waals surface area contributed by atoms with Gasteiger partial charge in [0.2, 0.25) is 0 Å². The highest BCUT2D eigenvalue weighted by atomic mass is 35.5. The zero-order valence-electron chi connectivity index (χ0n) is 15.2. The Kier molecular flexibility index (Phi) is 4.70. The maximum atomic E-state index is 12.6. The maximum Gasteiger partial charge on any atom is 0.287 e. The summed E-state index contributed by atoms with van der Waals surface area (Å²) in [6, 6.07) is 9.65. The Hall–Kier alpha value is -2.66. The summed E-state index contributed by atoms with van der Waals surface area (Å²) in [4.78, 5) is 12.6. The van der Waals surface area contributed by atoms with E-state index >= 15 is 0 Å². The molecule has 2 aromatic carbocycles. The second-order valence-electron chi connectivity index (χ2n) is 6.62. The van der Waals surface area contributed by atoms with Crippen molar-refractivity contribution in [2.45, 2.75) is 20.3 Å². The zero-order valence-corrected chi connectivity index (χ0v) is 16.0. The standard InChI is InChI=1S/C21H20ClNO4/c1-12-4-3-5-15-13(2)19(27-18(12)15)21(24)23-7-6-14-10-16(22)20-17(11-14)25-8-9-26-20/h3-5,10-11H,6-9H2,1-2H3,(H,23,24). The summed E-state index contributed by atoms with van der Waals surface area (Å²) in [5, 5.41) is 4.42. The summed E-state index contributed by atoms with van der Waals surface area (Å²) < 4.78 is 16.9. The van der Waals surface area contributed by atoms with Gasteiger partial charge in [-0.25, -0.2) is 0 Å². The normalized spacial score (nSPS) is 13.0. The summed E-state index contributed by atoms with van der Waals surface area (Å²) in [5.41, 5.74) is 3.61. The van der Waals surface area contributed by atoms with E-state index in [1.54, 1.807) is 0 Å². The lowest BCUT2D eigenvalue weighted by molar-refractivity contribution is 0.0927. The average molecular weight is 386 g/mol. The molecule has 0 spiro atoms. The molecule has 0 bridgehead atoms. The molecule has 3 aromatic rings. The Morgan fingerprint density at radius 2 is 2.00 bits per heavy atom. The van der Waals surface area contributed by atoms with Crippen molar-refractivity contribution in [1.82, 2.24) is 5.32 Å². The highest BCUT2D eigenvalue weighted by Gasteiger charge is 2.19. The van der Waals surface area contributed by atoms with Crippen LogP contribution < -0.4 is 14.8 Å². The first-order valence-electron chi connectivity index (χ1n) is 8.89. The van der Waals surface area contributed by atoms with Crippen LogP contribution in [0, 0.1) is 13.8 Å². The second-order valence-corrected chi connectivity index (χ2v) is 7.02. The van der Waals surface area contributed by atoms with E-state index in [2.05, 4.69) is 5.32 Å². The molecule has 0 atom stereocenters. The third-order valence-corrected chi connectivity index (χ3v) is 5.00. The van der Waals surface area contributed by atoms with E-state index in [-0.39, 0.29) is 5.91 Å². The first kappa shape index (κ1) is 17.7. The van der Waals surface area contributed by atoms with Gasteiger partial charge in [0.05, 0.1) is 5.02 Å². The van der Waals surface area contributed by atoms with Crippen LogP contribution in [0.1, 0.15) is 27.2 Å². The number of halogens is 1. The Morgan fingerprint density at radius 1 is 1.19 bits per heavy atom. The lowest BCUT2D eigenvalue weighted by Crippen LogP contribution is -2.26. The van der Waals surface area contributed by atoms with Crippen molar-refractivity contribution >= 4 is 28.5 Å². The molecule has 0 aliphatic carbocycles. The van der Waals surface area contributed by atoms with Gasteiger partial charge in [-0.3, -0.25) is 4.79 Å². The van der Waals surface area contributed by atoms with Crippen LogP contribution in [0.3, 0.4) is 0 Å². The number of ether oxygens (including phenoxy) is 2. The van der Waals surface area contributed by atoms with Crippen molar-refractivity contribution in [2.75, 3.05) is 19.8 Å². The Bertz CT molecular complexity index is 1020. The molecule has 2 heterocycles. The lowest BCUT2D eigenvalue weighted by atomic mass is 10.1. The molecule has 1 aliphatic heterocycles. The highest BCUT2D eigenvalue weighted by molar-refractivity contribution is 6.32. The first-order valence-corrected chi connectivity index (χ1v) is 9.27. The van der Waals surface area contributed by atoms with Crippen LogP contribution in [0.25, 0.3) is 11.0 Å². The Labute approximate surface area is 162 Å². The van der Waals surface area contributed by atoms with Crippen molar-refractivity contribution in [2.24, 2.45) is 0 Å². The minimum Gasteiger partial charge on any atom is -0.486 e. The van der Waals surface area contributed by atoms with Crippen molar-refractivity contribution in [3.63, 3.8) is 0 Å². The molecule has 0 radical (unpaired) electrons. The third kappa shape index (κ3) is 3.35. The predicted molar refractivity (Wildman–Crippen MR) is 104 cm³/mol. The number of carbonyl (C=O) groups excluding carboxylic acids is 1. The number of amides is 1. The quantitative estimate of drug-likeness (QED) is 0.720. The lowest BCUT2D eigenvalue weighted by Gasteiger charge is -2.20. The Balaban J connectivity index is 1.45. The van der Waals surface area contributed by atoms with Crippen LogP contribution in [-0.2, 0) is 6.42 Å². The number of nitrogens with one attached hydrogen (secondary N) is 1. The van der Waals surface area contributed by atoms with Gasteiger partial charge in [-0.2, -0.15) is 0 Å². The van der Waals surface area contributed by atoms with Crippen LogP contribution in [0.4, 0.5) is 0 Å². The summed E-state index contributed by atoms with van der Waals surface area (Å²) in [6.07, 6.45) is 0.625. The van der Waals surface area contributed by atoms with Gasteiger partial charge in [-0.05, 0) is 43.5 Å². The number of rotatable bonds is 4. The van der Waals surface area contributed by atoms with Gasteiger partial charge in [-0.1, -0.05) is 29.8 Å². The van der Waals surface area contributed by atoms with E-state index < -0.39 is 0 Å². The number of furan rings is 1. The fourth-order valence-corrected chi connectivity index (χ4v) is 3.60. The minimum absolute atomic E-state index is 0.216. The smallest absolute Gasteiger partial charge is 0.287 e. The molecule has 5 nitrogen and oxygen atoms in total. The van der Waals surface area contributed by atoms with E-state index in [9.17, 15) is 4.79 Å². The topological polar surface area (TPSA) is 60.7 Å². The molecule has 1 amide bonds. The van der Waals surface area contributed by atoms with Crippen molar-refractivity contribution in [3.05, 3.63) is 57.8 Å². The van der Waals surface area contributed by atoms with E-state index in [1.165, 1.54) is 0 Å². The molecule has 1 aromatic heterocycles. The number of para-hydroxylation sites is 1. The number of benzene rings is 2. The number of carbonyl (C=O) groups is 1. The highest BCUT2D eigenvalue weighted by Crippen LogP contribution is 2.38. The molecule has 6 heteroatoms. The maximum absolute atomic E-state index is 12.6. The molecular formula is C21H20ClNO4. The van der Waals surface area contributed by atoms with E-state index in [4.69, 9.17) is 25.5 Å². The summed E-state index contributed by atoms with van der Waals surface area (Å²) >= 11 is 6.26.